The fraction of sp³-hybridized carbons (Fsp3) is 0. The van der Waals surface area contributed by atoms with Gasteiger partial charge < -0.3 is 0 Å². The molecule has 18 heavy (non-hydrogen) atoms. The Morgan fingerprint density at radius 2 is 2.00 bits per heavy atom. The van der Waals surface area contributed by atoms with Gasteiger partial charge in [-0.1, -0.05) is 0 Å². The second kappa shape index (κ2) is 4.73. The fourth-order valence-corrected chi connectivity index (χ4v) is 3.32. The molecule has 91 valence electrons. The minimum atomic E-state index is -0.354. The number of anilines is 1. The summed E-state index contributed by atoms with van der Waals surface area (Å²) in [5, 5.41) is 4.48. The van der Waals surface area contributed by atoms with Crippen LogP contribution >= 0.6 is 11.6 Å². The van der Waals surface area contributed by atoms with Crippen molar-refractivity contribution >= 4 is 38.0 Å². The summed E-state index contributed by atoms with van der Waals surface area (Å²) in [5.41, 5.74) is 0.639. The predicted molar refractivity (Wildman–Crippen MR) is 70.2 cm³/mol. The summed E-state index contributed by atoms with van der Waals surface area (Å²) in [4.78, 5) is 0. The number of fused-ring (bicyclic) bond motifs is 1. The first-order chi connectivity index (χ1) is 8.74. The van der Waals surface area contributed by atoms with E-state index >= 15 is 0 Å². The Morgan fingerprint density at radius 1 is 1.17 bits per heavy atom. The van der Waals surface area contributed by atoms with Crippen molar-refractivity contribution in [2.45, 2.75) is 0 Å². The molecule has 0 saturated carbocycles. The zero-order chi connectivity index (χ0) is 12.5. The Balaban J connectivity index is 2.03. The summed E-state index contributed by atoms with van der Waals surface area (Å²) in [7, 11) is 0. The molecular weight excluding hydrogens is 320 g/mol. The van der Waals surface area contributed by atoms with Crippen LogP contribution in [0.15, 0.2) is 42.5 Å². The fourth-order valence-electron chi connectivity index (χ4n) is 1.66. The van der Waals surface area contributed by atoms with Crippen molar-refractivity contribution in [2.75, 3.05) is 5.32 Å². The minimum absolute atomic E-state index is 0.0224. The summed E-state index contributed by atoms with van der Waals surface area (Å²) in [6, 6.07) is 12.2. The number of benzene rings is 2. The zero-order valence-electron chi connectivity index (χ0n) is 9.11. The van der Waals surface area contributed by atoms with Crippen molar-refractivity contribution < 1.29 is 8.21 Å². The third-order valence-electron chi connectivity index (χ3n) is 2.53. The molecule has 1 N–H and O–H groups in total. The molecule has 2 nitrogen and oxygen atoms in total. The molecule has 2 aromatic rings. The molecule has 0 atom stereocenters. The molecule has 5 heteroatoms. The van der Waals surface area contributed by atoms with Gasteiger partial charge in [0.2, 0.25) is 0 Å². The molecule has 0 amide bonds. The number of nitrogens with one attached hydrogen (secondary N) is 1. The van der Waals surface area contributed by atoms with E-state index in [1.807, 2.05) is 24.3 Å². The van der Waals surface area contributed by atoms with Gasteiger partial charge in [0.05, 0.1) is 0 Å². The van der Waals surface area contributed by atoms with Crippen LogP contribution < -0.4 is 10.5 Å². The van der Waals surface area contributed by atoms with E-state index in [-0.39, 0.29) is 20.7 Å². The Kier molecular flexibility index (Phi) is 3.08. The third kappa shape index (κ3) is 2.15. The second-order valence-corrected chi connectivity index (χ2v) is 5.77. The molecule has 3 rings (SSSR count). The van der Waals surface area contributed by atoms with E-state index in [0.717, 1.165) is 5.22 Å². The summed E-state index contributed by atoms with van der Waals surface area (Å²) in [6.45, 7) is 0. The molecule has 1 aliphatic heterocycles. The van der Waals surface area contributed by atoms with Gasteiger partial charge >= 0.3 is 114 Å². The first-order valence-corrected chi connectivity index (χ1v) is 7.20. The first-order valence-electron chi connectivity index (χ1n) is 5.27. The second-order valence-electron chi connectivity index (χ2n) is 3.74. The van der Waals surface area contributed by atoms with Crippen molar-refractivity contribution in [1.29, 1.82) is 0 Å². The Hall–Kier alpha value is -1.35. The number of hydrogen-bond acceptors (Lipinski definition) is 2. The topological polar surface area (TPSA) is 21.3 Å². The standard InChI is InChI=1S/C13H8ClFNOSe/c14-10-7-8(15)5-6-11(10)16-13-9-3-1-2-4-12(9)18-17-13/h1-7,16H. The average molecular weight is 328 g/mol. The van der Waals surface area contributed by atoms with Crippen molar-refractivity contribution in [2.24, 2.45) is 0 Å². The van der Waals surface area contributed by atoms with Gasteiger partial charge in [-0.3, -0.25) is 0 Å². The molecule has 1 heterocycles. The van der Waals surface area contributed by atoms with Crippen LogP contribution in [0.2, 0.25) is 5.02 Å². The Morgan fingerprint density at radius 3 is 2.83 bits per heavy atom. The van der Waals surface area contributed by atoms with E-state index in [1.165, 1.54) is 16.2 Å². The number of halogens is 2. The van der Waals surface area contributed by atoms with Gasteiger partial charge in [0.1, 0.15) is 0 Å². The zero-order valence-corrected chi connectivity index (χ0v) is 11.6. The summed E-state index contributed by atoms with van der Waals surface area (Å²) in [6.07, 6.45) is 0. The molecule has 2 aromatic carbocycles. The molecule has 0 unspecified atom stereocenters. The van der Waals surface area contributed by atoms with Crippen LogP contribution in [0.5, 0.6) is 0 Å². The molecule has 0 aliphatic carbocycles. The van der Waals surface area contributed by atoms with Crippen LogP contribution in [0.3, 0.4) is 0 Å². The molecular formula is C13H8ClFNOSe. The number of hydrogen-bond donors (Lipinski definition) is 1. The van der Waals surface area contributed by atoms with Crippen LogP contribution in [0.25, 0.3) is 5.88 Å². The summed E-state index contributed by atoms with van der Waals surface area (Å²) < 4.78 is 19.8. The Labute approximate surface area is 114 Å². The third-order valence-corrected chi connectivity index (χ3v) is 4.49. The summed E-state index contributed by atoms with van der Waals surface area (Å²) in [5.74, 6) is 0.326. The van der Waals surface area contributed by atoms with Crippen molar-refractivity contribution in [3.8, 4) is 0 Å². The monoisotopic (exact) mass is 328 g/mol. The van der Waals surface area contributed by atoms with Crippen molar-refractivity contribution in [3.05, 3.63) is 62.6 Å². The van der Waals surface area contributed by atoms with Crippen LogP contribution in [-0.4, -0.2) is 14.8 Å². The Bertz CT molecular complexity index is 732. The van der Waals surface area contributed by atoms with Gasteiger partial charge in [0.15, 0.2) is 0 Å². The van der Waals surface area contributed by atoms with E-state index in [4.69, 9.17) is 15.4 Å². The van der Waals surface area contributed by atoms with Crippen molar-refractivity contribution in [1.82, 2.24) is 0 Å². The van der Waals surface area contributed by atoms with E-state index in [1.54, 1.807) is 6.07 Å². The molecule has 0 bridgehead atoms. The van der Waals surface area contributed by atoms with Gasteiger partial charge in [-0.25, -0.2) is 0 Å². The molecule has 1 aliphatic rings. The maximum atomic E-state index is 13.0. The quantitative estimate of drug-likeness (QED) is 0.856. The van der Waals surface area contributed by atoms with Gasteiger partial charge in [-0.2, -0.15) is 0 Å². The maximum absolute atomic E-state index is 13.0. The molecule has 1 radical (unpaired) electrons. The van der Waals surface area contributed by atoms with E-state index < -0.39 is 0 Å². The van der Waals surface area contributed by atoms with Crippen LogP contribution in [0, 0.1) is 9.88 Å². The van der Waals surface area contributed by atoms with Crippen LogP contribution in [0.4, 0.5) is 10.1 Å². The predicted octanol–water partition coefficient (Wildman–Crippen LogP) is 2.56. The molecule has 0 fully saturated rings. The van der Waals surface area contributed by atoms with Gasteiger partial charge in [0, 0.05) is 0 Å². The van der Waals surface area contributed by atoms with Crippen molar-refractivity contribution in [3.63, 3.8) is 0 Å². The van der Waals surface area contributed by atoms with Crippen LogP contribution in [0.1, 0.15) is 0 Å². The van der Waals surface area contributed by atoms with Gasteiger partial charge in [0.25, 0.3) is 0 Å². The van der Waals surface area contributed by atoms with Crippen LogP contribution in [-0.2, 0) is 3.82 Å². The van der Waals surface area contributed by atoms with Gasteiger partial charge in [-0.15, -0.1) is 0 Å². The SMILES string of the molecule is Fc1ccc(NC2=c3ccccc3=[Se]O2)c(Cl)c1. The molecule has 0 spiro atoms. The average Bonchev–Trinajstić information content (AvgIpc) is 2.76. The van der Waals surface area contributed by atoms with E-state index in [0.29, 0.717) is 16.6 Å². The first kappa shape index (κ1) is 11.7. The summed E-state index contributed by atoms with van der Waals surface area (Å²) >= 11 is 5.95. The van der Waals surface area contributed by atoms with E-state index in [9.17, 15) is 4.39 Å². The normalized spacial score (nSPS) is 12.7. The number of rotatable bonds is 2. The van der Waals surface area contributed by atoms with Gasteiger partial charge in [-0.05, 0) is 0 Å². The molecule has 0 saturated heterocycles. The molecule has 0 aromatic heterocycles. The van der Waals surface area contributed by atoms with E-state index in [2.05, 4.69) is 5.32 Å².